The fourth-order valence-electron chi connectivity index (χ4n) is 4.06. The Morgan fingerprint density at radius 3 is 2.03 bits per heavy atom. The van der Waals surface area contributed by atoms with Gasteiger partial charge in [-0.1, -0.05) is 13.3 Å². The van der Waals surface area contributed by atoms with Crippen molar-refractivity contribution in [3.63, 3.8) is 0 Å². The van der Waals surface area contributed by atoms with Crippen LogP contribution >= 0.6 is 0 Å². The lowest BCUT2D eigenvalue weighted by Gasteiger charge is -2.54. The second-order valence-corrected chi connectivity index (χ2v) is 8.75. The topological polar surface area (TPSA) is 146 Å². The Morgan fingerprint density at radius 1 is 0.935 bits per heavy atom. The summed E-state index contributed by atoms with van der Waals surface area (Å²) in [4.78, 5) is 62.0. The van der Waals surface area contributed by atoms with Gasteiger partial charge in [0.2, 0.25) is 0 Å². The molecular formula is C20H35N5O6. The highest BCUT2D eigenvalue weighted by Gasteiger charge is 2.50. The van der Waals surface area contributed by atoms with E-state index in [1.165, 1.54) is 4.90 Å². The normalized spacial score (nSPS) is 17.3. The van der Waals surface area contributed by atoms with E-state index in [1.807, 2.05) is 6.92 Å². The van der Waals surface area contributed by atoms with Gasteiger partial charge in [-0.3, -0.25) is 19.8 Å². The van der Waals surface area contributed by atoms with E-state index in [1.54, 1.807) is 34.6 Å². The second-order valence-electron chi connectivity index (χ2n) is 8.75. The van der Waals surface area contributed by atoms with Crippen LogP contribution in [0.2, 0.25) is 0 Å². The molecular weight excluding hydrogens is 406 g/mol. The number of carbonyl (C=O) groups excluding carboxylic acids is 5. The van der Waals surface area contributed by atoms with Crippen molar-refractivity contribution in [2.24, 2.45) is 0 Å². The summed E-state index contributed by atoms with van der Waals surface area (Å²) in [6.07, 6.45) is 2.35. The molecule has 1 aliphatic rings. The minimum atomic E-state index is -1.01. The Kier molecular flexibility index (Phi) is 9.26. The molecule has 0 aromatic heterocycles. The third kappa shape index (κ3) is 7.41. The third-order valence-corrected chi connectivity index (χ3v) is 5.00. The number of piperidine rings is 1. The number of amides is 5. The van der Waals surface area contributed by atoms with Crippen LogP contribution < -0.4 is 21.5 Å². The van der Waals surface area contributed by atoms with Gasteiger partial charge in [-0.2, -0.15) is 0 Å². The van der Waals surface area contributed by atoms with E-state index in [9.17, 15) is 24.0 Å². The molecule has 4 N–H and O–H groups in total. The molecule has 0 atom stereocenters. The minimum Gasteiger partial charge on any atom is -0.459 e. The van der Waals surface area contributed by atoms with Gasteiger partial charge >= 0.3 is 29.7 Å². The zero-order valence-electron chi connectivity index (χ0n) is 19.2. The first kappa shape index (κ1) is 26.2. The molecule has 0 spiro atoms. The zero-order valence-corrected chi connectivity index (χ0v) is 19.2. The van der Waals surface area contributed by atoms with Crippen LogP contribution in [0.5, 0.6) is 0 Å². The van der Waals surface area contributed by atoms with Gasteiger partial charge < -0.3 is 20.3 Å². The lowest BCUT2D eigenvalue weighted by molar-refractivity contribution is -0.170. The van der Waals surface area contributed by atoms with Crippen molar-refractivity contribution >= 4 is 29.7 Å². The number of rotatable bonds is 5. The summed E-state index contributed by atoms with van der Waals surface area (Å²) in [5.74, 6) is -3.58. The van der Waals surface area contributed by atoms with Crippen LogP contribution in [-0.2, 0) is 23.9 Å². The second kappa shape index (κ2) is 11.0. The van der Waals surface area contributed by atoms with E-state index in [-0.39, 0.29) is 6.61 Å². The quantitative estimate of drug-likeness (QED) is 0.209. The predicted octanol–water partition coefficient (Wildman–Crippen LogP) is 0.344. The molecule has 0 aliphatic carbocycles. The summed E-state index contributed by atoms with van der Waals surface area (Å²) in [5, 5.41) is 5.19. The van der Waals surface area contributed by atoms with Gasteiger partial charge in [-0.25, -0.2) is 15.0 Å². The van der Waals surface area contributed by atoms with Crippen LogP contribution in [0.1, 0.15) is 67.2 Å². The molecule has 1 heterocycles. The van der Waals surface area contributed by atoms with E-state index in [0.29, 0.717) is 19.4 Å². The van der Waals surface area contributed by atoms with Crippen LogP contribution in [0.4, 0.5) is 4.79 Å². The summed E-state index contributed by atoms with van der Waals surface area (Å²) >= 11 is 0. The largest absolute Gasteiger partial charge is 0.459 e. The molecule has 5 amide bonds. The number of likely N-dealkylation sites (tertiary alicyclic amines) is 1. The van der Waals surface area contributed by atoms with Crippen LogP contribution in [-0.4, -0.2) is 64.9 Å². The zero-order chi connectivity index (χ0) is 23.8. The van der Waals surface area contributed by atoms with Crippen LogP contribution in [0.25, 0.3) is 0 Å². The van der Waals surface area contributed by atoms with Crippen molar-refractivity contribution in [2.75, 3.05) is 13.2 Å². The van der Waals surface area contributed by atoms with Crippen LogP contribution in [0.3, 0.4) is 0 Å². The van der Waals surface area contributed by atoms with Crippen molar-refractivity contribution in [3.05, 3.63) is 0 Å². The van der Waals surface area contributed by atoms with E-state index in [2.05, 4.69) is 21.5 Å². The summed E-state index contributed by atoms with van der Waals surface area (Å²) in [6.45, 7) is 11.3. The van der Waals surface area contributed by atoms with Crippen molar-refractivity contribution in [1.29, 1.82) is 0 Å². The Morgan fingerprint density at radius 2 is 1.52 bits per heavy atom. The number of ether oxygens (including phenoxy) is 1. The number of hydrogen-bond acceptors (Lipinski definition) is 6. The first-order valence-electron chi connectivity index (χ1n) is 10.5. The van der Waals surface area contributed by atoms with E-state index < -0.39 is 46.8 Å². The molecule has 0 saturated carbocycles. The SMILES string of the molecule is CCCCNC(=O)NNC(=O)C(=O)NC1CC(C)(C)N(C(=O)C(=O)OCC)C(C)(C)C1. The Balaban J connectivity index is 2.71. The van der Waals surface area contributed by atoms with Crippen LogP contribution in [0, 0.1) is 0 Å². The highest BCUT2D eigenvalue weighted by Crippen LogP contribution is 2.38. The fourth-order valence-corrected chi connectivity index (χ4v) is 4.06. The van der Waals surface area contributed by atoms with Crippen molar-refractivity contribution < 1.29 is 28.7 Å². The molecule has 1 saturated heterocycles. The average molecular weight is 442 g/mol. The van der Waals surface area contributed by atoms with Crippen molar-refractivity contribution in [2.45, 2.75) is 84.3 Å². The van der Waals surface area contributed by atoms with Gasteiger partial charge in [0.25, 0.3) is 0 Å². The van der Waals surface area contributed by atoms with Crippen molar-refractivity contribution in [3.8, 4) is 0 Å². The van der Waals surface area contributed by atoms with Crippen LogP contribution in [0.15, 0.2) is 0 Å². The maximum absolute atomic E-state index is 12.7. The molecule has 11 heteroatoms. The highest BCUT2D eigenvalue weighted by atomic mass is 16.5. The van der Waals surface area contributed by atoms with E-state index in [4.69, 9.17) is 4.74 Å². The number of esters is 1. The smallest absolute Gasteiger partial charge is 0.397 e. The lowest BCUT2D eigenvalue weighted by atomic mass is 9.76. The Bertz CT molecular complexity index is 688. The molecule has 176 valence electrons. The first-order valence-corrected chi connectivity index (χ1v) is 10.5. The van der Waals surface area contributed by atoms with Gasteiger partial charge in [0.05, 0.1) is 6.61 Å². The van der Waals surface area contributed by atoms with Crippen molar-refractivity contribution in [1.82, 2.24) is 26.4 Å². The van der Waals surface area contributed by atoms with Gasteiger partial charge in [-0.15, -0.1) is 0 Å². The Labute approximate surface area is 183 Å². The van der Waals surface area contributed by atoms with Gasteiger partial charge in [0.1, 0.15) is 0 Å². The van der Waals surface area contributed by atoms with Gasteiger partial charge in [0.15, 0.2) is 0 Å². The number of unbranched alkanes of at least 4 members (excludes halogenated alkanes) is 1. The molecule has 0 radical (unpaired) electrons. The van der Waals surface area contributed by atoms with E-state index in [0.717, 1.165) is 12.8 Å². The molecule has 1 aliphatic heterocycles. The fraction of sp³-hybridized carbons (Fsp3) is 0.750. The predicted molar refractivity (Wildman–Crippen MR) is 112 cm³/mol. The molecule has 0 unspecified atom stereocenters. The molecule has 0 bridgehead atoms. The molecule has 31 heavy (non-hydrogen) atoms. The molecule has 1 rings (SSSR count). The number of hydrazine groups is 1. The number of carbonyl (C=O) groups is 5. The lowest BCUT2D eigenvalue weighted by Crippen LogP contribution is -2.67. The van der Waals surface area contributed by atoms with Gasteiger partial charge in [-0.05, 0) is 53.9 Å². The highest BCUT2D eigenvalue weighted by molar-refractivity contribution is 6.35. The number of urea groups is 1. The summed E-state index contributed by atoms with van der Waals surface area (Å²) in [7, 11) is 0. The minimum absolute atomic E-state index is 0.0950. The third-order valence-electron chi connectivity index (χ3n) is 5.00. The van der Waals surface area contributed by atoms with E-state index >= 15 is 0 Å². The summed E-state index contributed by atoms with van der Waals surface area (Å²) in [5.41, 5.74) is 2.62. The standard InChI is InChI=1S/C20H35N5O6/c1-7-9-10-21-18(30)24-23-15(27)14(26)22-13-11-19(3,4)25(20(5,6)12-13)16(28)17(29)31-8-2/h13H,7-12H2,1-6H3,(H,22,26)(H,23,27)(H2,21,24,30). The monoisotopic (exact) mass is 441 g/mol. The Hall–Kier alpha value is -2.85. The average Bonchev–Trinajstić information content (AvgIpc) is 2.64. The molecule has 0 aromatic rings. The van der Waals surface area contributed by atoms with Gasteiger partial charge in [0, 0.05) is 23.7 Å². The first-order chi connectivity index (χ1) is 14.4. The number of nitrogens with zero attached hydrogens (tertiary/aromatic N) is 1. The molecule has 0 aromatic carbocycles. The molecule has 1 fully saturated rings. The number of nitrogens with one attached hydrogen (secondary N) is 4. The summed E-state index contributed by atoms with van der Waals surface area (Å²) in [6, 6.07) is -1.03. The maximum Gasteiger partial charge on any atom is 0.397 e. The maximum atomic E-state index is 12.7. The number of hydrogen-bond donors (Lipinski definition) is 4. The summed E-state index contributed by atoms with van der Waals surface area (Å²) < 4.78 is 4.85. The molecule has 11 nitrogen and oxygen atoms in total.